The van der Waals surface area contributed by atoms with Crippen molar-refractivity contribution >= 4 is 30.0 Å². The molecule has 0 heterocycles. The number of carbonyl (C=O) groups excluding carboxylic acids is 4. The van der Waals surface area contributed by atoms with Gasteiger partial charge in [0.05, 0.1) is 39.6 Å². The van der Waals surface area contributed by atoms with Crippen molar-refractivity contribution in [2.45, 2.75) is 149 Å². The molecule has 0 bridgehead atoms. The van der Waals surface area contributed by atoms with Gasteiger partial charge < -0.3 is 50.1 Å². The molecule has 0 rings (SSSR count). The molecule has 0 radical (unpaired) electrons. The zero-order valence-corrected chi connectivity index (χ0v) is 35.3. The third-order valence-electron chi connectivity index (χ3n) is 7.99. The van der Waals surface area contributed by atoms with Gasteiger partial charge in [-0.25, -0.2) is 0 Å². The zero-order chi connectivity index (χ0) is 41.3. The fourth-order valence-electron chi connectivity index (χ4n) is 4.94. The molecular formula is C41H82N4O10. The number of rotatable bonds is 40. The van der Waals surface area contributed by atoms with Crippen LogP contribution in [0.25, 0.3) is 0 Å². The van der Waals surface area contributed by atoms with E-state index in [9.17, 15) is 24.0 Å². The molecule has 0 fully saturated rings. The maximum Gasteiger partial charge on any atom is 0.303 e. The Morgan fingerprint density at radius 3 is 1.35 bits per heavy atom. The summed E-state index contributed by atoms with van der Waals surface area (Å²) in [7, 11) is 1.85. The predicted octanol–water partition coefficient (Wildman–Crippen LogP) is 5.74. The fourth-order valence-corrected chi connectivity index (χ4v) is 4.94. The summed E-state index contributed by atoms with van der Waals surface area (Å²) < 4.78 is 21.1. The van der Waals surface area contributed by atoms with Crippen LogP contribution < -0.4 is 21.3 Å². The molecular weight excluding hydrogens is 708 g/mol. The van der Waals surface area contributed by atoms with Crippen molar-refractivity contribution in [3.8, 4) is 0 Å². The van der Waals surface area contributed by atoms with Crippen LogP contribution in [0.2, 0.25) is 0 Å². The number of nitrogens with one attached hydrogen (secondary N) is 4. The largest absolute Gasteiger partial charge is 0.481 e. The van der Waals surface area contributed by atoms with Gasteiger partial charge in [-0.1, -0.05) is 104 Å². The Balaban J connectivity index is -0.00000102. The molecule has 3 amide bonds. The van der Waals surface area contributed by atoms with Crippen LogP contribution in [0.4, 0.5) is 0 Å². The predicted molar refractivity (Wildman–Crippen MR) is 219 cm³/mol. The Kier molecular flexibility index (Phi) is 52.9. The number of aliphatic carboxylic acids is 1. The molecule has 0 saturated carbocycles. The lowest BCUT2D eigenvalue weighted by atomic mass is 10.0. The Morgan fingerprint density at radius 1 is 0.491 bits per heavy atom. The van der Waals surface area contributed by atoms with E-state index in [-0.39, 0.29) is 30.9 Å². The van der Waals surface area contributed by atoms with Gasteiger partial charge >= 0.3 is 5.97 Å². The monoisotopic (exact) mass is 791 g/mol. The highest BCUT2D eigenvalue weighted by Gasteiger charge is 2.03. The van der Waals surface area contributed by atoms with E-state index in [0.717, 1.165) is 57.8 Å². The van der Waals surface area contributed by atoms with Gasteiger partial charge in [-0.3, -0.25) is 19.2 Å². The second-order valence-corrected chi connectivity index (χ2v) is 13.0. The number of hydrogen-bond donors (Lipinski definition) is 5. The summed E-state index contributed by atoms with van der Waals surface area (Å²) in [5, 5.41) is 19.7. The van der Waals surface area contributed by atoms with Crippen LogP contribution in [0.1, 0.15) is 149 Å². The minimum absolute atomic E-state index is 0.0125. The molecule has 0 aromatic rings. The Labute approximate surface area is 334 Å². The quantitative estimate of drug-likeness (QED) is 0.0376. The van der Waals surface area contributed by atoms with Crippen LogP contribution >= 0.6 is 0 Å². The van der Waals surface area contributed by atoms with Gasteiger partial charge in [0, 0.05) is 38.9 Å². The first-order valence-corrected chi connectivity index (χ1v) is 21.3. The summed E-state index contributed by atoms with van der Waals surface area (Å²) >= 11 is 0. The molecule has 0 unspecified atom stereocenters. The van der Waals surface area contributed by atoms with Crippen molar-refractivity contribution in [3.05, 3.63) is 0 Å². The number of hydrogen-bond acceptors (Lipinski definition) is 10. The van der Waals surface area contributed by atoms with Gasteiger partial charge in [0.15, 0.2) is 0 Å². The average Bonchev–Trinajstić information content (AvgIpc) is 3.18. The summed E-state index contributed by atoms with van der Waals surface area (Å²) in [6, 6.07) is 0. The van der Waals surface area contributed by atoms with Crippen molar-refractivity contribution in [2.24, 2.45) is 0 Å². The standard InChI is InChI=1S/C21H42N4O7.C18H34O3.C2H6/c1-3-4-8-23-20(27)17-31-15-14-30-12-10-25-21(28)18-32-16-13-29-11-9-24-19(26)6-5-7-22-2;19-17-15-13-11-9-7-5-3-1-2-4-6-8-10-12-14-16-18(20)21;1-2/h22H,3-18H2,1-2H3,(H,23,27)(H,24,26)(H,25,28);17H,1-16H2,(H,20,21);1-2H3. The van der Waals surface area contributed by atoms with E-state index in [2.05, 4.69) is 28.2 Å². The molecule has 0 saturated heterocycles. The van der Waals surface area contributed by atoms with E-state index in [1.54, 1.807) is 0 Å². The molecule has 5 N–H and O–H groups in total. The smallest absolute Gasteiger partial charge is 0.303 e. The van der Waals surface area contributed by atoms with E-state index in [1.165, 1.54) is 70.6 Å². The minimum Gasteiger partial charge on any atom is -0.481 e. The number of unbranched alkanes of at least 4 members (excludes halogenated alkanes) is 15. The Hall–Kier alpha value is -2.65. The highest BCUT2D eigenvalue weighted by atomic mass is 16.5. The lowest BCUT2D eigenvalue weighted by Gasteiger charge is -2.09. The lowest BCUT2D eigenvalue weighted by Crippen LogP contribution is -2.31. The van der Waals surface area contributed by atoms with Gasteiger partial charge in [0.25, 0.3) is 0 Å². The average molecular weight is 791 g/mol. The second kappa shape index (κ2) is 51.4. The van der Waals surface area contributed by atoms with Crippen LogP contribution in [-0.2, 0) is 42.9 Å². The van der Waals surface area contributed by atoms with Gasteiger partial charge in [-0.05, 0) is 39.3 Å². The normalized spacial score (nSPS) is 10.4. The van der Waals surface area contributed by atoms with Crippen molar-refractivity contribution in [1.29, 1.82) is 0 Å². The third-order valence-corrected chi connectivity index (χ3v) is 7.99. The number of ether oxygens (including phenoxy) is 4. The fraction of sp³-hybridized carbons (Fsp3) is 0.878. The van der Waals surface area contributed by atoms with Crippen LogP contribution in [0.5, 0.6) is 0 Å². The Bertz CT molecular complexity index is 812. The highest BCUT2D eigenvalue weighted by Crippen LogP contribution is 2.13. The van der Waals surface area contributed by atoms with Crippen molar-refractivity contribution in [2.75, 3.05) is 86.1 Å². The maximum atomic E-state index is 11.6. The van der Waals surface area contributed by atoms with Gasteiger partial charge in [-0.2, -0.15) is 0 Å². The summed E-state index contributed by atoms with van der Waals surface area (Å²) in [6.07, 6.45) is 22.6. The molecule has 0 aromatic heterocycles. The number of amides is 3. The topological polar surface area (TPSA) is 191 Å². The lowest BCUT2D eigenvalue weighted by molar-refractivity contribution is -0.137. The van der Waals surface area contributed by atoms with Crippen molar-refractivity contribution < 1.29 is 48.0 Å². The van der Waals surface area contributed by atoms with Crippen molar-refractivity contribution in [1.82, 2.24) is 21.3 Å². The Morgan fingerprint density at radius 2 is 0.909 bits per heavy atom. The summed E-state index contributed by atoms with van der Waals surface area (Å²) in [6.45, 7) is 10.4. The SMILES string of the molecule is CC.CCCCNC(=O)COCCOCCNC(=O)COCCOCCNC(=O)CCCNC.O=CCCCCCCCCCCCCCCCCC(=O)O. The highest BCUT2D eigenvalue weighted by molar-refractivity contribution is 5.77. The first-order chi connectivity index (χ1) is 26.9. The zero-order valence-electron chi connectivity index (χ0n) is 35.3. The first-order valence-electron chi connectivity index (χ1n) is 21.3. The molecule has 0 atom stereocenters. The molecule has 0 aliphatic heterocycles. The number of carboxylic acid groups (broad SMARTS) is 1. The molecule has 14 nitrogen and oxygen atoms in total. The molecule has 55 heavy (non-hydrogen) atoms. The van der Waals surface area contributed by atoms with Gasteiger partial charge in [0.2, 0.25) is 17.7 Å². The van der Waals surface area contributed by atoms with E-state index < -0.39 is 5.97 Å². The molecule has 0 spiro atoms. The molecule has 0 aliphatic carbocycles. The minimum atomic E-state index is -0.668. The number of carbonyl (C=O) groups is 5. The van der Waals surface area contributed by atoms with E-state index in [4.69, 9.17) is 24.1 Å². The first kappa shape index (κ1) is 56.7. The summed E-state index contributed by atoms with van der Waals surface area (Å²) in [4.78, 5) is 55.0. The van der Waals surface area contributed by atoms with Crippen molar-refractivity contribution in [3.63, 3.8) is 0 Å². The maximum absolute atomic E-state index is 11.6. The molecule has 0 aliphatic rings. The van der Waals surface area contributed by atoms with Crippen LogP contribution in [0.15, 0.2) is 0 Å². The summed E-state index contributed by atoms with van der Waals surface area (Å²) in [5.41, 5.74) is 0. The number of carboxylic acids is 1. The number of aldehydes is 1. The third kappa shape index (κ3) is 55.8. The van der Waals surface area contributed by atoms with Gasteiger partial charge in [-0.15, -0.1) is 0 Å². The molecule has 326 valence electrons. The van der Waals surface area contributed by atoms with E-state index in [0.29, 0.717) is 72.1 Å². The summed E-state index contributed by atoms with van der Waals surface area (Å²) in [5.74, 6) is -1.02. The van der Waals surface area contributed by atoms with Crippen LogP contribution in [0, 0.1) is 0 Å². The molecule has 14 heteroatoms. The molecule has 0 aromatic carbocycles. The van der Waals surface area contributed by atoms with E-state index in [1.807, 2.05) is 20.9 Å². The van der Waals surface area contributed by atoms with Crippen LogP contribution in [-0.4, -0.2) is 121 Å². The van der Waals surface area contributed by atoms with Crippen LogP contribution in [0.3, 0.4) is 0 Å². The van der Waals surface area contributed by atoms with Gasteiger partial charge in [0.1, 0.15) is 19.5 Å². The van der Waals surface area contributed by atoms with E-state index >= 15 is 0 Å². The second-order valence-electron chi connectivity index (χ2n) is 13.0.